The third-order valence-electron chi connectivity index (χ3n) is 4.94. The molecule has 4 rings (SSSR count). The van der Waals surface area contributed by atoms with Gasteiger partial charge in [0.2, 0.25) is 0 Å². The van der Waals surface area contributed by atoms with Crippen LogP contribution in [0.3, 0.4) is 0 Å². The van der Waals surface area contributed by atoms with Crippen molar-refractivity contribution in [3.8, 4) is 0 Å². The Morgan fingerprint density at radius 2 is 1.94 bits per heavy atom. The number of rotatable bonds is 7. The largest absolute Gasteiger partial charge is 0.480 e. The smallest absolute Gasteiger partial charge is 0.323 e. The second-order valence-electron chi connectivity index (χ2n) is 7.12. The highest BCUT2D eigenvalue weighted by Gasteiger charge is 2.21. The number of aliphatic carboxylic acids is 1. The molecule has 0 aliphatic rings. The average molecular weight is 436 g/mol. The molecule has 158 valence electrons. The maximum Gasteiger partial charge on any atom is 0.323 e. The van der Waals surface area contributed by atoms with E-state index >= 15 is 0 Å². The van der Waals surface area contributed by atoms with Gasteiger partial charge in [-0.3, -0.25) is 19.3 Å². The van der Waals surface area contributed by atoms with Crippen LogP contribution in [0.2, 0.25) is 0 Å². The van der Waals surface area contributed by atoms with Gasteiger partial charge in [0.1, 0.15) is 18.0 Å². The SMILES string of the molecule is Cc1nc2[nH]cc(CCc3ccc(C(=O)N(CC(=O)O)c4cccs4)cc3)c2c(=O)[nH]1. The molecule has 4 aromatic rings. The van der Waals surface area contributed by atoms with Crippen LogP contribution in [0.15, 0.2) is 52.8 Å². The molecular formula is C22H20N4O4S. The number of carbonyl (C=O) groups excluding carboxylic acids is 1. The Morgan fingerprint density at radius 3 is 2.61 bits per heavy atom. The van der Waals surface area contributed by atoms with Gasteiger partial charge in [-0.15, -0.1) is 11.3 Å². The summed E-state index contributed by atoms with van der Waals surface area (Å²) in [7, 11) is 0. The first-order chi connectivity index (χ1) is 14.9. The van der Waals surface area contributed by atoms with Crippen molar-refractivity contribution >= 4 is 39.2 Å². The summed E-state index contributed by atoms with van der Waals surface area (Å²) in [5, 5.41) is 12.1. The van der Waals surface area contributed by atoms with E-state index in [0.29, 0.717) is 40.3 Å². The fourth-order valence-corrected chi connectivity index (χ4v) is 4.20. The highest BCUT2D eigenvalue weighted by atomic mass is 32.1. The lowest BCUT2D eigenvalue weighted by Gasteiger charge is -2.19. The normalized spacial score (nSPS) is 11.0. The van der Waals surface area contributed by atoms with Crippen LogP contribution < -0.4 is 10.5 Å². The number of fused-ring (bicyclic) bond motifs is 1. The number of H-pyrrole nitrogens is 2. The Bertz CT molecular complexity index is 1290. The van der Waals surface area contributed by atoms with Gasteiger partial charge in [-0.25, -0.2) is 4.98 Å². The van der Waals surface area contributed by atoms with E-state index in [2.05, 4.69) is 15.0 Å². The summed E-state index contributed by atoms with van der Waals surface area (Å²) in [6, 6.07) is 10.6. The summed E-state index contributed by atoms with van der Waals surface area (Å²) in [4.78, 5) is 47.7. The molecule has 1 aromatic carbocycles. The van der Waals surface area contributed by atoms with Gasteiger partial charge < -0.3 is 15.1 Å². The minimum atomic E-state index is -1.07. The Labute approximate surface area is 181 Å². The zero-order valence-electron chi connectivity index (χ0n) is 16.7. The molecule has 0 fully saturated rings. The first-order valence-electron chi connectivity index (χ1n) is 9.65. The number of nitrogens with zero attached hydrogens (tertiary/aromatic N) is 2. The topological polar surface area (TPSA) is 119 Å². The molecule has 0 spiro atoms. The molecule has 8 nitrogen and oxygen atoms in total. The first kappa shape index (κ1) is 20.5. The second-order valence-corrected chi connectivity index (χ2v) is 8.05. The Kier molecular flexibility index (Phi) is 5.68. The molecular weight excluding hydrogens is 416 g/mol. The highest BCUT2D eigenvalue weighted by Crippen LogP contribution is 2.23. The third kappa shape index (κ3) is 4.41. The number of carboxylic acid groups (broad SMARTS) is 1. The van der Waals surface area contributed by atoms with E-state index in [1.807, 2.05) is 12.1 Å². The number of anilines is 1. The van der Waals surface area contributed by atoms with Crippen LogP contribution in [0.4, 0.5) is 5.00 Å². The molecule has 1 amide bonds. The highest BCUT2D eigenvalue weighted by molar-refractivity contribution is 7.14. The number of amides is 1. The van der Waals surface area contributed by atoms with Gasteiger partial charge in [-0.05, 0) is 60.5 Å². The molecule has 0 aliphatic carbocycles. The summed E-state index contributed by atoms with van der Waals surface area (Å²) in [6.45, 7) is 1.34. The van der Waals surface area contributed by atoms with E-state index < -0.39 is 12.5 Å². The van der Waals surface area contributed by atoms with Crippen molar-refractivity contribution in [3.63, 3.8) is 0 Å². The first-order valence-corrected chi connectivity index (χ1v) is 10.5. The molecule has 0 saturated heterocycles. The summed E-state index contributed by atoms with van der Waals surface area (Å²) in [5.41, 5.74) is 2.72. The lowest BCUT2D eigenvalue weighted by Crippen LogP contribution is -2.35. The van der Waals surface area contributed by atoms with E-state index in [1.54, 1.807) is 42.8 Å². The molecule has 3 N–H and O–H groups in total. The van der Waals surface area contributed by atoms with E-state index in [-0.39, 0.29) is 11.5 Å². The molecule has 0 atom stereocenters. The van der Waals surface area contributed by atoms with Crippen molar-refractivity contribution in [1.29, 1.82) is 0 Å². The summed E-state index contributed by atoms with van der Waals surface area (Å²) >= 11 is 1.31. The van der Waals surface area contributed by atoms with Crippen LogP contribution in [0.5, 0.6) is 0 Å². The minimum Gasteiger partial charge on any atom is -0.480 e. The van der Waals surface area contributed by atoms with Gasteiger partial charge in [0.25, 0.3) is 11.5 Å². The van der Waals surface area contributed by atoms with Crippen molar-refractivity contribution in [3.05, 3.63) is 80.8 Å². The van der Waals surface area contributed by atoms with Crippen LogP contribution in [-0.2, 0) is 17.6 Å². The zero-order chi connectivity index (χ0) is 22.0. The fourth-order valence-electron chi connectivity index (χ4n) is 3.47. The lowest BCUT2D eigenvalue weighted by molar-refractivity contribution is -0.135. The van der Waals surface area contributed by atoms with Gasteiger partial charge in [0, 0.05) is 11.8 Å². The minimum absolute atomic E-state index is 0.160. The van der Waals surface area contributed by atoms with Crippen molar-refractivity contribution in [1.82, 2.24) is 15.0 Å². The number of nitrogens with one attached hydrogen (secondary N) is 2. The van der Waals surface area contributed by atoms with Crippen molar-refractivity contribution in [2.45, 2.75) is 19.8 Å². The van der Waals surface area contributed by atoms with E-state index in [9.17, 15) is 19.5 Å². The van der Waals surface area contributed by atoms with E-state index in [4.69, 9.17) is 0 Å². The Morgan fingerprint density at radius 1 is 1.16 bits per heavy atom. The van der Waals surface area contributed by atoms with Crippen LogP contribution in [-0.4, -0.2) is 38.5 Å². The standard InChI is InChI=1S/C22H20N4O4S/c1-13-24-20-19(21(29)25-13)16(11-23-20)9-6-14-4-7-15(8-5-14)22(30)26(12-18(27)28)17-3-2-10-31-17/h2-5,7-8,10-11H,6,9,12H2,1H3,(H,27,28)(H2,23,24,25,29). The van der Waals surface area contributed by atoms with Crippen molar-refractivity contribution < 1.29 is 14.7 Å². The van der Waals surface area contributed by atoms with Crippen LogP contribution in [0.1, 0.15) is 27.3 Å². The molecule has 0 saturated carbocycles. The Balaban J connectivity index is 1.49. The third-order valence-corrected chi connectivity index (χ3v) is 5.83. The maximum atomic E-state index is 12.9. The number of aromatic amines is 2. The van der Waals surface area contributed by atoms with Crippen LogP contribution in [0, 0.1) is 6.92 Å². The molecule has 0 unspecified atom stereocenters. The molecule has 31 heavy (non-hydrogen) atoms. The molecule has 0 radical (unpaired) electrons. The zero-order valence-corrected chi connectivity index (χ0v) is 17.5. The molecule has 9 heteroatoms. The van der Waals surface area contributed by atoms with Crippen molar-refractivity contribution in [2.24, 2.45) is 0 Å². The number of carbonyl (C=O) groups is 2. The summed E-state index contributed by atoms with van der Waals surface area (Å²) < 4.78 is 0. The molecule has 0 bridgehead atoms. The molecule has 3 heterocycles. The number of carboxylic acids is 1. The summed E-state index contributed by atoms with van der Waals surface area (Å²) in [6.07, 6.45) is 3.12. The number of benzene rings is 1. The average Bonchev–Trinajstić information content (AvgIpc) is 3.40. The summed E-state index contributed by atoms with van der Waals surface area (Å²) in [5.74, 6) is -0.872. The number of hydrogen-bond donors (Lipinski definition) is 3. The molecule has 3 aromatic heterocycles. The van der Waals surface area contributed by atoms with Gasteiger partial charge in [0.15, 0.2) is 0 Å². The van der Waals surface area contributed by atoms with Crippen molar-refractivity contribution in [2.75, 3.05) is 11.4 Å². The monoisotopic (exact) mass is 436 g/mol. The van der Waals surface area contributed by atoms with Gasteiger partial charge in [-0.1, -0.05) is 12.1 Å². The van der Waals surface area contributed by atoms with Gasteiger partial charge in [-0.2, -0.15) is 0 Å². The predicted octanol–water partition coefficient (Wildman–Crippen LogP) is 3.14. The number of aromatic nitrogens is 3. The van der Waals surface area contributed by atoms with Crippen LogP contribution in [0.25, 0.3) is 11.0 Å². The number of hydrogen-bond acceptors (Lipinski definition) is 5. The second kappa shape index (κ2) is 8.57. The fraction of sp³-hybridized carbons (Fsp3) is 0.182. The number of thiophene rings is 1. The molecule has 0 aliphatic heterocycles. The maximum absolute atomic E-state index is 12.9. The number of aryl methyl sites for hydroxylation is 3. The Hall–Kier alpha value is -3.72. The van der Waals surface area contributed by atoms with Gasteiger partial charge >= 0.3 is 5.97 Å². The predicted molar refractivity (Wildman–Crippen MR) is 119 cm³/mol. The quantitative estimate of drug-likeness (QED) is 0.411. The van der Waals surface area contributed by atoms with E-state index in [0.717, 1.165) is 11.1 Å². The van der Waals surface area contributed by atoms with Gasteiger partial charge in [0.05, 0.1) is 10.4 Å². The van der Waals surface area contributed by atoms with Crippen LogP contribution >= 0.6 is 11.3 Å². The lowest BCUT2D eigenvalue weighted by atomic mass is 10.0. The van der Waals surface area contributed by atoms with E-state index in [1.165, 1.54) is 16.2 Å².